The van der Waals surface area contributed by atoms with E-state index in [0.29, 0.717) is 5.92 Å². The number of benzene rings is 1. The van der Waals surface area contributed by atoms with E-state index in [0.717, 1.165) is 10.9 Å². The van der Waals surface area contributed by atoms with Gasteiger partial charge in [0.05, 0.1) is 10.4 Å². The SMILES string of the molecule is O=[N+]([O-])c1ccc2cc(C3CCCC3)[nH]c2c1. The number of non-ortho nitro benzene ring substituents is 1. The molecular weight excluding hydrogens is 216 g/mol. The number of nitro benzene ring substituents is 1. The first-order valence-electron chi connectivity index (χ1n) is 6.01. The monoisotopic (exact) mass is 230 g/mol. The first kappa shape index (κ1) is 10.3. The summed E-state index contributed by atoms with van der Waals surface area (Å²) in [5, 5.41) is 11.8. The molecule has 0 spiro atoms. The highest BCUT2D eigenvalue weighted by molar-refractivity contribution is 5.82. The van der Waals surface area contributed by atoms with Crippen LogP contribution in [0.3, 0.4) is 0 Å². The van der Waals surface area contributed by atoms with Gasteiger partial charge in [0.15, 0.2) is 0 Å². The van der Waals surface area contributed by atoms with Crippen LogP contribution in [0, 0.1) is 10.1 Å². The Hall–Kier alpha value is -1.84. The van der Waals surface area contributed by atoms with Gasteiger partial charge in [-0.05, 0) is 30.9 Å². The van der Waals surface area contributed by atoms with Crippen molar-refractivity contribution < 1.29 is 4.92 Å². The Balaban J connectivity index is 2.03. The van der Waals surface area contributed by atoms with E-state index in [1.165, 1.54) is 31.4 Å². The lowest BCUT2D eigenvalue weighted by Gasteiger charge is -2.04. The summed E-state index contributed by atoms with van der Waals surface area (Å²) < 4.78 is 0. The number of nitrogens with zero attached hydrogens (tertiary/aromatic N) is 1. The third kappa shape index (κ3) is 1.79. The number of aromatic amines is 1. The van der Waals surface area contributed by atoms with Gasteiger partial charge < -0.3 is 4.98 Å². The van der Waals surface area contributed by atoms with Crippen LogP contribution >= 0.6 is 0 Å². The molecule has 1 aliphatic rings. The van der Waals surface area contributed by atoms with Gasteiger partial charge in [0.2, 0.25) is 0 Å². The second-order valence-electron chi connectivity index (χ2n) is 4.73. The Kier molecular flexibility index (Phi) is 2.35. The maximum absolute atomic E-state index is 10.7. The lowest BCUT2D eigenvalue weighted by atomic mass is 10.0. The van der Waals surface area contributed by atoms with E-state index < -0.39 is 0 Å². The first-order valence-corrected chi connectivity index (χ1v) is 6.01. The zero-order chi connectivity index (χ0) is 11.8. The second kappa shape index (κ2) is 3.87. The van der Waals surface area contributed by atoms with Crippen molar-refractivity contribution in [2.45, 2.75) is 31.6 Å². The molecular formula is C13H14N2O2. The van der Waals surface area contributed by atoms with Crippen LogP contribution in [-0.4, -0.2) is 9.91 Å². The fourth-order valence-electron chi connectivity index (χ4n) is 2.71. The van der Waals surface area contributed by atoms with E-state index in [2.05, 4.69) is 11.1 Å². The average Bonchev–Trinajstić information content (AvgIpc) is 2.96. The smallest absolute Gasteiger partial charge is 0.271 e. The molecule has 0 aliphatic heterocycles. The molecule has 3 rings (SSSR count). The van der Waals surface area contributed by atoms with Crippen LogP contribution in [0.4, 0.5) is 5.69 Å². The van der Waals surface area contributed by atoms with E-state index in [9.17, 15) is 10.1 Å². The lowest BCUT2D eigenvalue weighted by molar-refractivity contribution is -0.384. The van der Waals surface area contributed by atoms with E-state index >= 15 is 0 Å². The van der Waals surface area contributed by atoms with Crippen molar-refractivity contribution in [1.29, 1.82) is 0 Å². The molecule has 1 aliphatic carbocycles. The molecule has 0 unspecified atom stereocenters. The van der Waals surface area contributed by atoms with Gasteiger partial charge in [-0.15, -0.1) is 0 Å². The molecule has 1 N–H and O–H groups in total. The Morgan fingerprint density at radius 1 is 1.24 bits per heavy atom. The predicted octanol–water partition coefficient (Wildman–Crippen LogP) is 3.73. The van der Waals surface area contributed by atoms with Crippen LogP contribution in [0.15, 0.2) is 24.3 Å². The fraction of sp³-hybridized carbons (Fsp3) is 0.385. The van der Waals surface area contributed by atoms with Crippen molar-refractivity contribution in [3.8, 4) is 0 Å². The van der Waals surface area contributed by atoms with Crippen molar-refractivity contribution >= 4 is 16.6 Å². The fourth-order valence-corrected chi connectivity index (χ4v) is 2.71. The van der Waals surface area contributed by atoms with Gasteiger partial charge in [0.1, 0.15) is 0 Å². The van der Waals surface area contributed by atoms with Gasteiger partial charge in [-0.3, -0.25) is 10.1 Å². The number of fused-ring (bicyclic) bond motifs is 1. The van der Waals surface area contributed by atoms with Crippen LogP contribution in [-0.2, 0) is 0 Å². The molecule has 88 valence electrons. The van der Waals surface area contributed by atoms with Gasteiger partial charge >= 0.3 is 0 Å². The van der Waals surface area contributed by atoms with Gasteiger partial charge in [-0.1, -0.05) is 12.8 Å². The number of H-pyrrole nitrogens is 1. The Labute approximate surface area is 98.8 Å². The highest BCUT2D eigenvalue weighted by Crippen LogP contribution is 2.35. The minimum Gasteiger partial charge on any atom is -0.358 e. The topological polar surface area (TPSA) is 58.9 Å². The Morgan fingerprint density at radius 2 is 2.00 bits per heavy atom. The molecule has 1 aromatic carbocycles. The van der Waals surface area contributed by atoms with E-state index in [-0.39, 0.29) is 10.6 Å². The average molecular weight is 230 g/mol. The first-order chi connectivity index (χ1) is 8.24. The molecule has 1 heterocycles. The Morgan fingerprint density at radius 3 is 2.71 bits per heavy atom. The minimum absolute atomic E-state index is 0.150. The van der Waals surface area contributed by atoms with Gasteiger partial charge in [-0.2, -0.15) is 0 Å². The molecule has 0 radical (unpaired) electrons. The molecule has 1 fully saturated rings. The zero-order valence-electron chi connectivity index (χ0n) is 9.48. The summed E-state index contributed by atoms with van der Waals surface area (Å²) in [6.45, 7) is 0. The second-order valence-corrected chi connectivity index (χ2v) is 4.73. The molecule has 0 saturated heterocycles. The highest BCUT2D eigenvalue weighted by atomic mass is 16.6. The number of aromatic nitrogens is 1. The lowest BCUT2D eigenvalue weighted by Crippen LogP contribution is -1.91. The van der Waals surface area contributed by atoms with Crippen LogP contribution in [0.5, 0.6) is 0 Å². The number of nitrogens with one attached hydrogen (secondary N) is 1. The minimum atomic E-state index is -0.352. The normalized spacial score (nSPS) is 16.7. The van der Waals surface area contributed by atoms with E-state index in [4.69, 9.17) is 0 Å². The molecule has 4 nitrogen and oxygen atoms in total. The van der Waals surface area contributed by atoms with E-state index in [1.54, 1.807) is 12.1 Å². The summed E-state index contributed by atoms with van der Waals surface area (Å²) in [5.74, 6) is 0.612. The predicted molar refractivity (Wildman–Crippen MR) is 66.2 cm³/mol. The van der Waals surface area contributed by atoms with Crippen molar-refractivity contribution in [3.63, 3.8) is 0 Å². The molecule has 0 bridgehead atoms. The molecule has 2 aromatic rings. The zero-order valence-corrected chi connectivity index (χ0v) is 9.48. The number of hydrogen-bond donors (Lipinski definition) is 1. The van der Waals surface area contributed by atoms with Gasteiger partial charge in [0.25, 0.3) is 5.69 Å². The van der Waals surface area contributed by atoms with Gasteiger partial charge in [0, 0.05) is 23.2 Å². The standard InChI is InChI=1S/C13H14N2O2/c16-15(17)11-6-5-10-7-12(14-13(10)8-11)9-3-1-2-4-9/h5-9,14H,1-4H2. The summed E-state index contributed by atoms with van der Waals surface area (Å²) in [4.78, 5) is 13.7. The Bertz CT molecular complexity index is 568. The molecule has 0 amide bonds. The summed E-state index contributed by atoms with van der Waals surface area (Å²) >= 11 is 0. The molecule has 4 heteroatoms. The van der Waals surface area contributed by atoms with Crippen LogP contribution in [0.1, 0.15) is 37.3 Å². The summed E-state index contributed by atoms with van der Waals surface area (Å²) in [7, 11) is 0. The van der Waals surface area contributed by atoms with Crippen LogP contribution in [0.25, 0.3) is 10.9 Å². The van der Waals surface area contributed by atoms with Crippen molar-refractivity contribution in [3.05, 3.63) is 40.1 Å². The summed E-state index contributed by atoms with van der Waals surface area (Å²) in [5.41, 5.74) is 2.26. The maximum Gasteiger partial charge on any atom is 0.271 e. The van der Waals surface area contributed by atoms with Crippen molar-refractivity contribution in [2.24, 2.45) is 0 Å². The third-order valence-corrected chi connectivity index (χ3v) is 3.63. The number of rotatable bonds is 2. The number of nitro groups is 1. The molecule has 1 aromatic heterocycles. The maximum atomic E-state index is 10.7. The summed E-state index contributed by atoms with van der Waals surface area (Å²) in [6, 6.07) is 7.14. The van der Waals surface area contributed by atoms with Crippen molar-refractivity contribution in [2.75, 3.05) is 0 Å². The van der Waals surface area contributed by atoms with Crippen molar-refractivity contribution in [1.82, 2.24) is 4.98 Å². The molecule has 17 heavy (non-hydrogen) atoms. The summed E-state index contributed by atoms with van der Waals surface area (Å²) in [6.07, 6.45) is 5.05. The number of hydrogen-bond acceptors (Lipinski definition) is 2. The van der Waals surface area contributed by atoms with E-state index in [1.807, 2.05) is 6.07 Å². The molecule has 0 atom stereocenters. The molecule has 1 saturated carbocycles. The van der Waals surface area contributed by atoms with Gasteiger partial charge in [-0.25, -0.2) is 0 Å². The quantitative estimate of drug-likeness (QED) is 0.631. The largest absolute Gasteiger partial charge is 0.358 e. The van der Waals surface area contributed by atoms with Crippen LogP contribution in [0.2, 0.25) is 0 Å². The third-order valence-electron chi connectivity index (χ3n) is 3.63. The highest BCUT2D eigenvalue weighted by Gasteiger charge is 2.19. The van der Waals surface area contributed by atoms with Crippen LogP contribution < -0.4 is 0 Å².